The van der Waals surface area contributed by atoms with Crippen molar-refractivity contribution in [3.05, 3.63) is 41.2 Å². The number of likely N-dealkylation sites (tertiary alicyclic amines) is 1. The summed E-state index contributed by atoms with van der Waals surface area (Å²) >= 11 is 0. The Morgan fingerprint density at radius 1 is 1.21 bits per heavy atom. The second-order valence-corrected chi connectivity index (χ2v) is 7.72. The summed E-state index contributed by atoms with van der Waals surface area (Å²) in [6.07, 6.45) is 4.75. The van der Waals surface area contributed by atoms with E-state index in [2.05, 4.69) is 15.4 Å². The van der Waals surface area contributed by atoms with Crippen molar-refractivity contribution in [3.8, 4) is 11.3 Å². The monoisotopic (exact) mass is 383 g/mol. The number of aryl methyl sites for hydroxylation is 2. The predicted molar refractivity (Wildman–Crippen MR) is 102 cm³/mol. The van der Waals surface area contributed by atoms with E-state index in [0.29, 0.717) is 12.3 Å². The van der Waals surface area contributed by atoms with Crippen LogP contribution >= 0.6 is 0 Å². The van der Waals surface area contributed by atoms with Gasteiger partial charge < -0.3 is 13.9 Å². The lowest BCUT2D eigenvalue weighted by Crippen LogP contribution is -2.38. The van der Waals surface area contributed by atoms with Gasteiger partial charge in [0.1, 0.15) is 0 Å². The molecule has 0 N–H and O–H groups in total. The number of carbonyl (C=O) groups is 1. The summed E-state index contributed by atoms with van der Waals surface area (Å²) in [5.41, 5.74) is 3.29. The van der Waals surface area contributed by atoms with E-state index in [9.17, 15) is 4.79 Å². The molecule has 4 heterocycles. The molecule has 0 unspecified atom stereocenters. The molecule has 8 heteroatoms. The molecule has 0 aliphatic carbocycles. The molecule has 0 radical (unpaired) electrons. The number of aromatic nitrogens is 4. The van der Waals surface area contributed by atoms with E-state index in [-0.39, 0.29) is 23.6 Å². The average molecular weight is 383 g/mol. The molecule has 0 spiro atoms. The highest BCUT2D eigenvalue weighted by molar-refractivity contribution is 5.92. The molecule has 148 valence electrons. The van der Waals surface area contributed by atoms with Gasteiger partial charge in [-0.3, -0.25) is 9.48 Å². The van der Waals surface area contributed by atoms with Crippen molar-refractivity contribution in [1.82, 2.24) is 25.0 Å². The molecular weight excluding hydrogens is 358 g/mol. The molecular formula is C20H25N5O3. The van der Waals surface area contributed by atoms with Crippen LogP contribution in [0.25, 0.3) is 11.3 Å². The van der Waals surface area contributed by atoms with Crippen LogP contribution in [0.1, 0.15) is 72.7 Å². The first kappa shape index (κ1) is 18.5. The van der Waals surface area contributed by atoms with Crippen molar-refractivity contribution in [1.29, 1.82) is 0 Å². The fourth-order valence-corrected chi connectivity index (χ4v) is 3.69. The van der Waals surface area contributed by atoms with Gasteiger partial charge in [0.25, 0.3) is 5.91 Å². The van der Waals surface area contributed by atoms with Gasteiger partial charge in [-0.1, -0.05) is 24.2 Å². The summed E-state index contributed by atoms with van der Waals surface area (Å²) < 4.78 is 12.6. The lowest BCUT2D eigenvalue weighted by molar-refractivity contribution is 0.0563. The quantitative estimate of drug-likeness (QED) is 0.679. The van der Waals surface area contributed by atoms with Gasteiger partial charge in [0.15, 0.2) is 5.76 Å². The van der Waals surface area contributed by atoms with Crippen LogP contribution in [-0.4, -0.2) is 37.4 Å². The Labute approximate surface area is 163 Å². The van der Waals surface area contributed by atoms with Crippen LogP contribution in [0.3, 0.4) is 0 Å². The molecule has 28 heavy (non-hydrogen) atoms. The largest absolute Gasteiger partial charge is 0.356 e. The summed E-state index contributed by atoms with van der Waals surface area (Å²) in [7, 11) is 1.87. The van der Waals surface area contributed by atoms with Gasteiger partial charge in [0.2, 0.25) is 5.76 Å². The summed E-state index contributed by atoms with van der Waals surface area (Å²) in [5.74, 6) is 1.01. The Hall–Kier alpha value is -2.90. The minimum atomic E-state index is -0.144. The summed E-state index contributed by atoms with van der Waals surface area (Å²) in [6, 6.07) is 3.49. The second kappa shape index (κ2) is 7.26. The van der Waals surface area contributed by atoms with Gasteiger partial charge in [0, 0.05) is 31.9 Å². The molecule has 0 aromatic carbocycles. The smallest absolute Gasteiger partial charge is 0.293 e. The zero-order valence-corrected chi connectivity index (χ0v) is 16.7. The van der Waals surface area contributed by atoms with E-state index in [1.807, 2.05) is 45.0 Å². The number of carbonyl (C=O) groups excluding carboxylic acids is 1. The van der Waals surface area contributed by atoms with Gasteiger partial charge in [-0.25, -0.2) is 0 Å². The summed E-state index contributed by atoms with van der Waals surface area (Å²) in [5, 5.41) is 12.7. The van der Waals surface area contributed by atoms with Gasteiger partial charge in [0.05, 0.1) is 28.7 Å². The van der Waals surface area contributed by atoms with E-state index >= 15 is 0 Å². The SMILES string of the molecule is Cc1cc(-c2cn(C)nc2[C@H]2CCCCN2C(=O)c2cc(C(C)C)no2)on1. The van der Waals surface area contributed by atoms with Crippen molar-refractivity contribution in [2.75, 3.05) is 6.54 Å². The highest BCUT2D eigenvalue weighted by Crippen LogP contribution is 2.37. The lowest BCUT2D eigenvalue weighted by Gasteiger charge is -2.34. The van der Waals surface area contributed by atoms with Crippen molar-refractivity contribution < 1.29 is 13.8 Å². The van der Waals surface area contributed by atoms with Crippen LogP contribution < -0.4 is 0 Å². The highest BCUT2D eigenvalue weighted by Gasteiger charge is 2.34. The molecule has 8 nitrogen and oxygen atoms in total. The molecule has 4 rings (SSSR count). The van der Waals surface area contributed by atoms with Crippen LogP contribution in [0.2, 0.25) is 0 Å². The normalized spacial score (nSPS) is 17.5. The fraction of sp³-hybridized carbons (Fsp3) is 0.500. The molecule has 1 aliphatic rings. The first-order valence-electron chi connectivity index (χ1n) is 9.69. The Bertz CT molecular complexity index is 984. The molecule has 0 saturated carbocycles. The first-order valence-corrected chi connectivity index (χ1v) is 9.69. The van der Waals surface area contributed by atoms with E-state index < -0.39 is 0 Å². The maximum atomic E-state index is 13.2. The van der Waals surface area contributed by atoms with Crippen molar-refractivity contribution in [2.24, 2.45) is 7.05 Å². The summed E-state index contributed by atoms with van der Waals surface area (Å²) in [6.45, 7) is 6.59. The molecule has 1 aliphatic heterocycles. The third-order valence-corrected chi connectivity index (χ3v) is 5.16. The minimum Gasteiger partial charge on any atom is -0.356 e. The van der Waals surface area contributed by atoms with Gasteiger partial charge in [-0.15, -0.1) is 0 Å². The van der Waals surface area contributed by atoms with Crippen LogP contribution in [0.5, 0.6) is 0 Å². The van der Waals surface area contributed by atoms with E-state index in [1.54, 1.807) is 10.7 Å². The molecule has 0 bridgehead atoms. The number of piperidine rings is 1. The maximum Gasteiger partial charge on any atom is 0.293 e. The Morgan fingerprint density at radius 2 is 2.04 bits per heavy atom. The van der Waals surface area contributed by atoms with E-state index in [4.69, 9.17) is 9.05 Å². The Kier molecular flexibility index (Phi) is 4.78. The lowest BCUT2D eigenvalue weighted by atomic mass is 9.96. The molecule has 3 aromatic heterocycles. The second-order valence-electron chi connectivity index (χ2n) is 7.72. The third-order valence-electron chi connectivity index (χ3n) is 5.16. The fourth-order valence-electron chi connectivity index (χ4n) is 3.69. The van der Waals surface area contributed by atoms with Gasteiger partial charge in [-0.2, -0.15) is 5.10 Å². The zero-order chi connectivity index (χ0) is 19.8. The summed E-state index contributed by atoms with van der Waals surface area (Å²) in [4.78, 5) is 15.1. The van der Waals surface area contributed by atoms with Crippen LogP contribution in [0, 0.1) is 6.92 Å². The number of nitrogens with zero attached hydrogens (tertiary/aromatic N) is 5. The van der Waals surface area contributed by atoms with Crippen molar-refractivity contribution >= 4 is 5.91 Å². The number of hydrogen-bond donors (Lipinski definition) is 0. The predicted octanol–water partition coefficient (Wildman–Crippen LogP) is 3.86. The topological polar surface area (TPSA) is 90.2 Å². The molecule has 3 aromatic rings. The van der Waals surface area contributed by atoms with Crippen LogP contribution in [0.15, 0.2) is 27.4 Å². The third kappa shape index (κ3) is 3.34. The van der Waals surface area contributed by atoms with Crippen molar-refractivity contribution in [2.45, 2.75) is 52.0 Å². The van der Waals surface area contributed by atoms with Gasteiger partial charge in [-0.05, 0) is 32.1 Å². The maximum absolute atomic E-state index is 13.2. The zero-order valence-electron chi connectivity index (χ0n) is 16.7. The molecule has 1 amide bonds. The van der Waals surface area contributed by atoms with Gasteiger partial charge >= 0.3 is 0 Å². The van der Waals surface area contributed by atoms with E-state index in [1.165, 1.54) is 0 Å². The minimum absolute atomic E-state index is 0.143. The average Bonchev–Trinajstić information content (AvgIpc) is 3.40. The molecule has 1 atom stereocenters. The van der Waals surface area contributed by atoms with Crippen LogP contribution in [0.4, 0.5) is 0 Å². The standard InChI is InChI=1S/C20H25N5O3/c1-12(2)15-10-18(28-23-15)20(26)25-8-6-5-7-16(25)19-14(11-24(4)21-19)17-9-13(3)22-27-17/h9-12,16H,5-8H2,1-4H3/t16-/m1/s1. The van der Waals surface area contributed by atoms with E-state index in [0.717, 1.165) is 41.9 Å². The molecule has 1 saturated heterocycles. The number of amides is 1. The number of hydrogen-bond acceptors (Lipinski definition) is 6. The molecule has 1 fully saturated rings. The first-order chi connectivity index (χ1) is 13.4. The highest BCUT2D eigenvalue weighted by atomic mass is 16.5. The van der Waals surface area contributed by atoms with Crippen LogP contribution in [-0.2, 0) is 7.05 Å². The van der Waals surface area contributed by atoms with Crippen molar-refractivity contribution in [3.63, 3.8) is 0 Å². The number of rotatable bonds is 4. The Balaban J connectivity index is 1.69. The Morgan fingerprint density at radius 3 is 2.71 bits per heavy atom.